The molecule has 29 heavy (non-hydrogen) atoms. The van der Waals surface area contributed by atoms with Gasteiger partial charge in [0.25, 0.3) is 0 Å². The number of alkyl halides is 1. The number of amidine groups is 1. The maximum Gasteiger partial charge on any atom is 0.249 e. The van der Waals surface area contributed by atoms with Crippen LogP contribution < -0.4 is 9.64 Å². The van der Waals surface area contributed by atoms with E-state index in [1.165, 1.54) is 6.33 Å². The number of nitrogens with zero attached hydrogens (tertiary/aromatic N) is 7. The van der Waals surface area contributed by atoms with Crippen LogP contribution in [0.1, 0.15) is 5.56 Å². The summed E-state index contributed by atoms with van der Waals surface area (Å²) in [6.45, 7) is 2.74. The number of carbonyl (C=O) groups excluding carboxylic acids is 1. The number of aldehydes is 1. The van der Waals surface area contributed by atoms with E-state index in [2.05, 4.69) is 50.9 Å². The van der Waals surface area contributed by atoms with Crippen molar-refractivity contribution in [3.05, 3.63) is 48.3 Å². The normalized spacial score (nSPS) is 23.0. The topological polar surface area (TPSA) is 95.6 Å². The molecule has 2 atom stereocenters. The molecule has 4 rings (SSSR count). The molecule has 0 radical (unpaired) electrons. The maximum atomic E-state index is 12.0. The van der Waals surface area contributed by atoms with E-state index in [0.717, 1.165) is 17.7 Å². The first-order valence-electron chi connectivity index (χ1n) is 9.20. The molecule has 2 aliphatic rings. The molecule has 150 valence electrons. The molecule has 0 bridgehead atoms. The number of benzene rings is 1. The highest BCUT2D eigenvalue weighted by Gasteiger charge is 2.44. The van der Waals surface area contributed by atoms with Crippen LogP contribution in [0, 0.1) is 0 Å². The zero-order chi connectivity index (χ0) is 20.3. The van der Waals surface area contributed by atoms with Crippen LogP contribution in [0.4, 0.5) is 5.82 Å². The van der Waals surface area contributed by atoms with Crippen LogP contribution in [0.3, 0.4) is 0 Å². The van der Waals surface area contributed by atoms with E-state index in [4.69, 9.17) is 4.74 Å². The summed E-state index contributed by atoms with van der Waals surface area (Å²) in [6, 6.07) is 10.8. The summed E-state index contributed by atoms with van der Waals surface area (Å²) in [5.41, 5.74) is 0.866. The van der Waals surface area contributed by atoms with Crippen molar-refractivity contribution < 1.29 is 9.53 Å². The van der Waals surface area contributed by atoms with Crippen molar-refractivity contribution in [3.8, 4) is 5.88 Å². The van der Waals surface area contributed by atoms with Crippen LogP contribution >= 0.6 is 15.9 Å². The number of aliphatic imine (C=N–C) groups is 1. The first-order chi connectivity index (χ1) is 14.1. The Hall–Kier alpha value is -2.72. The van der Waals surface area contributed by atoms with Gasteiger partial charge >= 0.3 is 0 Å². The smallest absolute Gasteiger partial charge is 0.249 e. The summed E-state index contributed by atoms with van der Waals surface area (Å²) in [6.07, 6.45) is 2.37. The van der Waals surface area contributed by atoms with Gasteiger partial charge in [0.15, 0.2) is 5.84 Å². The largest absolute Gasteiger partial charge is 0.481 e. The number of hydrogen-bond donors (Lipinski definition) is 0. The first-order valence-corrected chi connectivity index (χ1v) is 9.99. The minimum absolute atomic E-state index is 0.515. The van der Waals surface area contributed by atoms with E-state index in [9.17, 15) is 4.79 Å². The molecule has 10 heteroatoms. The van der Waals surface area contributed by atoms with Gasteiger partial charge in [-0.15, -0.1) is 10.2 Å². The monoisotopic (exact) mass is 457 g/mol. The third-order valence-electron chi connectivity index (χ3n) is 4.95. The molecule has 1 aromatic carbocycles. The van der Waals surface area contributed by atoms with Crippen molar-refractivity contribution in [2.24, 2.45) is 15.2 Å². The number of methoxy groups -OCH3 is 1. The van der Waals surface area contributed by atoms with Gasteiger partial charge in [0.1, 0.15) is 24.5 Å². The lowest BCUT2D eigenvalue weighted by atomic mass is 10.1. The summed E-state index contributed by atoms with van der Waals surface area (Å²) in [5.74, 6) is 1.84. The summed E-state index contributed by atoms with van der Waals surface area (Å²) < 4.78 is 4.06. The SMILES string of the molecule is COc1cc(N2CCN(C(C=O)C3(Br)N=NC(c4ccccc4)=N3)CC2)ncn1. The molecule has 0 aliphatic carbocycles. The van der Waals surface area contributed by atoms with Crippen LogP contribution in [0.2, 0.25) is 0 Å². The highest BCUT2D eigenvalue weighted by atomic mass is 79.9. The Labute approximate surface area is 176 Å². The van der Waals surface area contributed by atoms with Gasteiger partial charge in [-0.05, 0) is 15.9 Å². The van der Waals surface area contributed by atoms with E-state index in [-0.39, 0.29) is 0 Å². The second kappa shape index (κ2) is 8.34. The lowest BCUT2D eigenvalue weighted by Gasteiger charge is -2.40. The molecular formula is C19H20BrN7O2. The molecule has 9 nitrogen and oxygen atoms in total. The Morgan fingerprint density at radius 1 is 1.17 bits per heavy atom. The molecule has 1 saturated heterocycles. The van der Waals surface area contributed by atoms with Gasteiger partial charge in [-0.1, -0.05) is 30.3 Å². The van der Waals surface area contributed by atoms with Gasteiger partial charge in [0.2, 0.25) is 10.5 Å². The van der Waals surface area contributed by atoms with Crippen molar-refractivity contribution in [2.75, 3.05) is 38.2 Å². The highest BCUT2D eigenvalue weighted by molar-refractivity contribution is 9.10. The molecule has 0 saturated carbocycles. The van der Waals surface area contributed by atoms with E-state index >= 15 is 0 Å². The number of rotatable bonds is 6. The number of halogens is 1. The Bertz CT molecular complexity index is 931. The quantitative estimate of drug-likeness (QED) is 0.374. The number of anilines is 1. The van der Waals surface area contributed by atoms with Gasteiger partial charge < -0.3 is 14.4 Å². The molecule has 1 aromatic heterocycles. The molecule has 2 aliphatic heterocycles. The van der Waals surface area contributed by atoms with Crippen LogP contribution in [-0.4, -0.2) is 70.9 Å². The summed E-state index contributed by atoms with van der Waals surface area (Å²) >= 11 is 3.55. The Morgan fingerprint density at radius 3 is 2.62 bits per heavy atom. The third kappa shape index (κ3) is 4.03. The van der Waals surface area contributed by atoms with Crippen LogP contribution in [0.5, 0.6) is 5.88 Å². The number of hydrogen-bond acceptors (Lipinski definition) is 9. The second-order valence-corrected chi connectivity index (χ2v) is 7.83. The van der Waals surface area contributed by atoms with E-state index < -0.39 is 10.6 Å². The first kappa shape index (κ1) is 19.6. The standard InChI is InChI=1S/C19H20BrN7O2/c1-29-17-11-16(21-13-22-17)27-9-7-26(8-10-27)15(12-28)19(20)23-18(24-25-19)14-5-3-2-4-6-14/h2-6,11-13,15H,7-10H2,1H3. The highest BCUT2D eigenvalue weighted by Crippen LogP contribution is 2.35. The van der Waals surface area contributed by atoms with Crippen LogP contribution in [0.15, 0.2) is 57.9 Å². The fourth-order valence-corrected chi connectivity index (χ4v) is 4.04. The van der Waals surface area contributed by atoms with Crippen molar-refractivity contribution in [3.63, 3.8) is 0 Å². The van der Waals surface area contributed by atoms with Crippen molar-refractivity contribution in [2.45, 2.75) is 10.6 Å². The molecular weight excluding hydrogens is 438 g/mol. The van der Waals surface area contributed by atoms with Gasteiger partial charge in [0.05, 0.1) is 7.11 Å². The average molecular weight is 458 g/mol. The lowest BCUT2D eigenvalue weighted by Crippen LogP contribution is -2.56. The van der Waals surface area contributed by atoms with Crippen molar-refractivity contribution in [1.82, 2.24) is 14.9 Å². The van der Waals surface area contributed by atoms with Gasteiger partial charge in [-0.3, -0.25) is 4.90 Å². The molecule has 0 spiro atoms. The minimum atomic E-state index is -1.11. The second-order valence-electron chi connectivity index (χ2n) is 6.66. The Balaban J connectivity index is 1.46. The number of piperazine rings is 1. The molecule has 2 unspecified atom stereocenters. The van der Waals surface area contributed by atoms with Gasteiger partial charge in [-0.2, -0.15) is 0 Å². The Morgan fingerprint density at radius 2 is 1.93 bits per heavy atom. The average Bonchev–Trinajstić information content (AvgIpc) is 3.18. The van der Waals surface area contributed by atoms with Gasteiger partial charge in [-0.25, -0.2) is 15.0 Å². The summed E-state index contributed by atoms with van der Waals surface area (Å²) in [5, 5.41) is 8.49. The zero-order valence-corrected chi connectivity index (χ0v) is 17.4. The predicted octanol–water partition coefficient (Wildman–Crippen LogP) is 2.14. The molecule has 0 amide bonds. The molecule has 1 fully saturated rings. The van der Waals surface area contributed by atoms with E-state index in [0.29, 0.717) is 37.9 Å². The summed E-state index contributed by atoms with van der Waals surface area (Å²) in [7, 11) is 1.58. The van der Waals surface area contributed by atoms with E-state index in [1.54, 1.807) is 13.2 Å². The fraction of sp³-hybridized carbons (Fsp3) is 0.368. The van der Waals surface area contributed by atoms with Gasteiger partial charge in [0, 0.05) is 37.8 Å². The van der Waals surface area contributed by atoms with Crippen LogP contribution in [0.25, 0.3) is 0 Å². The number of azo groups is 1. The van der Waals surface area contributed by atoms with Crippen LogP contribution in [-0.2, 0) is 4.79 Å². The van der Waals surface area contributed by atoms with E-state index in [1.807, 2.05) is 30.3 Å². The summed E-state index contributed by atoms with van der Waals surface area (Å²) in [4.78, 5) is 29.2. The fourth-order valence-electron chi connectivity index (χ4n) is 3.39. The zero-order valence-electron chi connectivity index (χ0n) is 15.8. The number of aromatic nitrogens is 2. The Kier molecular flexibility index (Phi) is 5.63. The number of ether oxygens (including phenoxy) is 1. The number of carbonyl (C=O) groups is 1. The predicted molar refractivity (Wildman–Crippen MR) is 112 cm³/mol. The lowest BCUT2D eigenvalue weighted by molar-refractivity contribution is -0.113. The van der Waals surface area contributed by atoms with Crippen molar-refractivity contribution in [1.29, 1.82) is 0 Å². The molecule has 3 heterocycles. The molecule has 0 N–H and O–H groups in total. The third-order valence-corrected chi connectivity index (χ3v) is 5.76. The minimum Gasteiger partial charge on any atom is -0.481 e. The molecule has 2 aromatic rings. The van der Waals surface area contributed by atoms with Crippen molar-refractivity contribution >= 4 is 33.9 Å². The maximum absolute atomic E-state index is 12.0.